The Hall–Kier alpha value is -4.35. The molecule has 3 amide bonds. The average molecular weight is 592 g/mol. The van der Waals surface area contributed by atoms with Crippen LogP contribution in [0.5, 0.6) is 0 Å². The van der Waals surface area contributed by atoms with Crippen LogP contribution in [0.1, 0.15) is 33.2 Å². The molecule has 0 atom stereocenters. The zero-order valence-corrected chi connectivity index (χ0v) is 21.9. The Labute approximate surface area is 235 Å². The number of carbonyl (C=O) groups excluding carboxylic acids is 4. The van der Waals surface area contributed by atoms with Crippen molar-refractivity contribution in [2.45, 2.75) is 13.1 Å². The van der Waals surface area contributed by atoms with Crippen molar-refractivity contribution < 1.29 is 37.1 Å². The van der Waals surface area contributed by atoms with Crippen LogP contribution >= 0.6 is 23.2 Å². The van der Waals surface area contributed by atoms with Gasteiger partial charge in [-0.1, -0.05) is 23.2 Å². The van der Waals surface area contributed by atoms with E-state index >= 15 is 0 Å². The summed E-state index contributed by atoms with van der Waals surface area (Å²) in [5.74, 6) is -2.82. The molecule has 13 heteroatoms. The highest BCUT2D eigenvalue weighted by Crippen LogP contribution is 2.34. The molecule has 1 aliphatic rings. The second-order valence-electron chi connectivity index (χ2n) is 8.25. The van der Waals surface area contributed by atoms with Crippen LogP contribution in [-0.2, 0) is 20.5 Å². The number of halogens is 5. The Bertz CT molecular complexity index is 1540. The minimum Gasteiger partial charge on any atom is -0.462 e. The van der Waals surface area contributed by atoms with Crippen LogP contribution in [0, 0.1) is 0 Å². The summed E-state index contributed by atoms with van der Waals surface area (Å²) in [5, 5.41) is 4.63. The number of ether oxygens (including phenoxy) is 1. The van der Waals surface area contributed by atoms with Crippen molar-refractivity contribution in [3.05, 3.63) is 99.2 Å². The van der Waals surface area contributed by atoms with Crippen LogP contribution < -0.4 is 15.5 Å². The number of carbonyl (C=O) groups is 4. The van der Waals surface area contributed by atoms with Gasteiger partial charge in [-0.25, -0.2) is 9.69 Å². The van der Waals surface area contributed by atoms with Crippen LogP contribution in [0.2, 0.25) is 5.02 Å². The SMILES string of the molecule is CCOC(=O)c1ccc(N2C(=O)C(Cl)=C(Nc3ccc(C(=O)Nc4cc(C(F)(F)F)ccc4Cl)cc3)C2=O)cc1. The first-order valence-corrected chi connectivity index (χ1v) is 12.3. The average Bonchev–Trinajstić information content (AvgIpc) is 3.12. The van der Waals surface area contributed by atoms with Crippen molar-refractivity contribution in [3.63, 3.8) is 0 Å². The first-order chi connectivity index (χ1) is 18.9. The highest BCUT2D eigenvalue weighted by Gasteiger charge is 2.39. The maximum absolute atomic E-state index is 13.0. The lowest BCUT2D eigenvalue weighted by Crippen LogP contribution is -2.32. The first kappa shape index (κ1) is 28.7. The van der Waals surface area contributed by atoms with Crippen LogP contribution in [-0.4, -0.2) is 30.3 Å². The lowest BCUT2D eigenvalue weighted by molar-refractivity contribution is -0.137. The number of nitrogens with one attached hydrogen (secondary N) is 2. The van der Waals surface area contributed by atoms with Crippen molar-refractivity contribution >= 4 is 64.0 Å². The lowest BCUT2D eigenvalue weighted by Gasteiger charge is -2.15. The molecule has 206 valence electrons. The minimum atomic E-state index is -4.62. The fourth-order valence-corrected chi connectivity index (χ4v) is 4.03. The van der Waals surface area contributed by atoms with Gasteiger partial charge in [0.05, 0.1) is 34.1 Å². The molecule has 8 nitrogen and oxygen atoms in total. The van der Waals surface area contributed by atoms with Gasteiger partial charge in [0.25, 0.3) is 17.7 Å². The van der Waals surface area contributed by atoms with Gasteiger partial charge in [-0.15, -0.1) is 0 Å². The van der Waals surface area contributed by atoms with Gasteiger partial charge < -0.3 is 15.4 Å². The molecule has 4 rings (SSSR count). The number of imide groups is 1. The van der Waals surface area contributed by atoms with Crippen molar-refractivity contribution in [3.8, 4) is 0 Å². The Morgan fingerprint density at radius 3 is 2.12 bits per heavy atom. The summed E-state index contributed by atoms with van der Waals surface area (Å²) in [6.45, 7) is 1.85. The molecule has 0 unspecified atom stereocenters. The summed E-state index contributed by atoms with van der Waals surface area (Å²) < 4.78 is 43.9. The van der Waals surface area contributed by atoms with E-state index in [1.807, 2.05) is 0 Å². The Kier molecular flexibility index (Phi) is 8.17. The summed E-state index contributed by atoms with van der Waals surface area (Å²) in [7, 11) is 0. The molecule has 1 aliphatic heterocycles. The van der Waals surface area contributed by atoms with E-state index in [2.05, 4.69) is 10.6 Å². The quantitative estimate of drug-likeness (QED) is 0.249. The molecule has 0 saturated heterocycles. The van der Waals surface area contributed by atoms with E-state index in [0.29, 0.717) is 5.69 Å². The summed E-state index contributed by atoms with van der Waals surface area (Å²) >= 11 is 12.1. The number of alkyl halides is 3. The zero-order valence-electron chi connectivity index (χ0n) is 20.4. The largest absolute Gasteiger partial charge is 0.462 e. The summed E-state index contributed by atoms with van der Waals surface area (Å²) in [6.07, 6.45) is -4.62. The van der Waals surface area contributed by atoms with Crippen molar-refractivity contribution in [2.75, 3.05) is 22.1 Å². The molecule has 0 aliphatic carbocycles. The lowest BCUT2D eigenvalue weighted by atomic mass is 10.1. The van der Waals surface area contributed by atoms with Gasteiger partial charge in [0, 0.05) is 11.3 Å². The van der Waals surface area contributed by atoms with Crippen LogP contribution in [0.3, 0.4) is 0 Å². The molecule has 1 heterocycles. The second-order valence-corrected chi connectivity index (χ2v) is 9.04. The Morgan fingerprint density at radius 1 is 0.900 bits per heavy atom. The third-order valence-electron chi connectivity index (χ3n) is 5.62. The Morgan fingerprint density at radius 2 is 1.52 bits per heavy atom. The summed E-state index contributed by atoms with van der Waals surface area (Å²) in [6, 6.07) is 13.7. The number of rotatable bonds is 7. The zero-order chi connectivity index (χ0) is 29.2. The van der Waals surface area contributed by atoms with E-state index in [4.69, 9.17) is 27.9 Å². The highest BCUT2D eigenvalue weighted by atomic mass is 35.5. The standard InChI is InChI=1S/C27H18Cl2F3N3O5/c1-2-40-26(39)15-5-10-18(11-6-15)35-24(37)21(29)22(25(35)38)33-17-8-3-14(4-9-17)23(36)34-20-13-16(27(30,31)32)7-12-19(20)28/h3-13,33H,2H2,1H3,(H,34,36). The van der Waals surface area contributed by atoms with Gasteiger partial charge in [-0.2, -0.15) is 13.2 Å². The number of benzene rings is 3. The monoisotopic (exact) mass is 591 g/mol. The highest BCUT2D eigenvalue weighted by molar-refractivity contribution is 6.53. The van der Waals surface area contributed by atoms with Crippen LogP contribution in [0.25, 0.3) is 0 Å². The topological polar surface area (TPSA) is 105 Å². The van der Waals surface area contributed by atoms with E-state index in [1.54, 1.807) is 6.92 Å². The molecule has 0 bridgehead atoms. The fraction of sp³-hybridized carbons (Fsp3) is 0.111. The van der Waals surface area contributed by atoms with Crippen LogP contribution in [0.4, 0.5) is 30.2 Å². The van der Waals surface area contributed by atoms with Crippen molar-refractivity contribution in [2.24, 2.45) is 0 Å². The number of nitrogens with zero attached hydrogens (tertiary/aromatic N) is 1. The molecule has 2 N–H and O–H groups in total. The third kappa shape index (κ3) is 5.95. The van der Waals surface area contributed by atoms with E-state index < -0.39 is 35.4 Å². The first-order valence-electron chi connectivity index (χ1n) is 11.5. The predicted octanol–water partition coefficient (Wildman–Crippen LogP) is 6.22. The molecule has 0 saturated carbocycles. The van der Waals surface area contributed by atoms with E-state index in [0.717, 1.165) is 23.1 Å². The van der Waals surface area contributed by atoms with Gasteiger partial charge in [-0.05, 0) is 73.7 Å². The molecular weight excluding hydrogens is 574 g/mol. The molecule has 0 aromatic heterocycles. The number of amides is 3. The molecule has 3 aromatic rings. The molecule has 40 heavy (non-hydrogen) atoms. The van der Waals surface area contributed by atoms with Crippen molar-refractivity contribution in [1.29, 1.82) is 0 Å². The number of hydrogen-bond acceptors (Lipinski definition) is 6. The van der Waals surface area contributed by atoms with E-state index in [1.165, 1.54) is 48.5 Å². The summed E-state index contributed by atoms with van der Waals surface area (Å²) in [4.78, 5) is 51.0. The van der Waals surface area contributed by atoms with Gasteiger partial charge >= 0.3 is 12.1 Å². The fourth-order valence-electron chi connectivity index (χ4n) is 3.65. The number of hydrogen-bond donors (Lipinski definition) is 2. The van der Waals surface area contributed by atoms with Gasteiger partial charge in [0.15, 0.2) is 0 Å². The normalized spacial score (nSPS) is 13.5. The van der Waals surface area contributed by atoms with Gasteiger partial charge in [0.2, 0.25) is 0 Å². The number of anilines is 3. The molecule has 3 aromatic carbocycles. The minimum absolute atomic E-state index is 0.0780. The second kappa shape index (κ2) is 11.4. The number of esters is 1. The maximum Gasteiger partial charge on any atom is 0.416 e. The molecule has 0 fully saturated rings. The molecule has 0 spiro atoms. The van der Waals surface area contributed by atoms with Gasteiger partial charge in [0.1, 0.15) is 10.7 Å². The molecule has 0 radical (unpaired) electrons. The van der Waals surface area contributed by atoms with Gasteiger partial charge in [-0.3, -0.25) is 14.4 Å². The van der Waals surface area contributed by atoms with Crippen molar-refractivity contribution in [1.82, 2.24) is 0 Å². The predicted molar refractivity (Wildman–Crippen MR) is 142 cm³/mol. The molecular formula is C27H18Cl2F3N3O5. The smallest absolute Gasteiger partial charge is 0.416 e. The van der Waals surface area contributed by atoms with Crippen LogP contribution in [0.15, 0.2) is 77.5 Å². The van der Waals surface area contributed by atoms with E-state index in [9.17, 15) is 32.3 Å². The summed E-state index contributed by atoms with van der Waals surface area (Å²) in [5.41, 5.74) is -0.615. The third-order valence-corrected chi connectivity index (χ3v) is 6.30. The van der Waals surface area contributed by atoms with E-state index in [-0.39, 0.29) is 44.9 Å². The Balaban J connectivity index is 1.46. The maximum atomic E-state index is 13.0.